The fraction of sp³-hybridized carbons (Fsp3) is 0.222. The monoisotopic (exact) mass is 408 g/mol. The van der Waals surface area contributed by atoms with Crippen LogP contribution in [0.5, 0.6) is 11.5 Å². The van der Waals surface area contributed by atoms with E-state index >= 15 is 0 Å². The molecule has 2 aromatic carbocycles. The van der Waals surface area contributed by atoms with Crippen LogP contribution in [0.2, 0.25) is 5.02 Å². The van der Waals surface area contributed by atoms with E-state index in [0.29, 0.717) is 16.5 Å². The van der Waals surface area contributed by atoms with Crippen molar-refractivity contribution in [3.05, 3.63) is 57.1 Å². The summed E-state index contributed by atoms with van der Waals surface area (Å²) in [5.74, 6) is -1.13. The van der Waals surface area contributed by atoms with Crippen LogP contribution in [0.15, 0.2) is 36.4 Å². The molecular weight excluding hydrogens is 392 g/mol. The number of nitrogens with one attached hydrogen (secondary N) is 1. The smallest absolute Gasteiger partial charge is 0.342 e. The molecule has 2 aromatic rings. The third-order valence-corrected chi connectivity index (χ3v) is 3.92. The summed E-state index contributed by atoms with van der Waals surface area (Å²) in [7, 11) is 2.73. The molecule has 0 aromatic heterocycles. The fourth-order valence-electron chi connectivity index (χ4n) is 2.26. The highest BCUT2D eigenvalue weighted by Gasteiger charge is 2.24. The van der Waals surface area contributed by atoms with Gasteiger partial charge in [-0.2, -0.15) is 0 Å². The lowest BCUT2D eigenvalue weighted by Gasteiger charge is -2.16. The Hall–Kier alpha value is -3.33. The Balaban J connectivity index is 2.16. The van der Waals surface area contributed by atoms with Gasteiger partial charge in [0, 0.05) is 17.2 Å². The number of anilines is 1. The standard InChI is InChI=1S/C18H17ClN2O7/c1-10(17(22)20-14-8-11(19)4-6-16(14)27-3)28-18(23)13-9-12(21(24)25)5-7-15(13)26-2/h4-10H,1-3H3,(H,20,22)/t10-/m1/s1. The molecule has 1 amide bonds. The predicted octanol–water partition coefficient (Wildman–Crippen LogP) is 3.45. The van der Waals surface area contributed by atoms with Gasteiger partial charge in [-0.25, -0.2) is 4.79 Å². The van der Waals surface area contributed by atoms with Crippen LogP contribution in [-0.2, 0) is 9.53 Å². The minimum Gasteiger partial charge on any atom is -0.496 e. The second-order valence-corrected chi connectivity index (χ2v) is 5.96. The molecule has 148 valence electrons. The van der Waals surface area contributed by atoms with Crippen molar-refractivity contribution in [3.8, 4) is 11.5 Å². The van der Waals surface area contributed by atoms with E-state index in [1.54, 1.807) is 12.1 Å². The number of hydrogen-bond acceptors (Lipinski definition) is 7. The number of carbonyl (C=O) groups is 2. The molecule has 0 aliphatic rings. The summed E-state index contributed by atoms with van der Waals surface area (Å²) in [6.45, 7) is 1.36. The van der Waals surface area contributed by atoms with Crippen molar-refractivity contribution in [3.63, 3.8) is 0 Å². The Bertz CT molecular complexity index is 917. The number of hydrogen-bond donors (Lipinski definition) is 1. The lowest BCUT2D eigenvalue weighted by molar-refractivity contribution is -0.384. The lowest BCUT2D eigenvalue weighted by atomic mass is 10.1. The third-order valence-electron chi connectivity index (χ3n) is 3.69. The Morgan fingerprint density at radius 1 is 1.11 bits per heavy atom. The van der Waals surface area contributed by atoms with Gasteiger partial charge in [-0.15, -0.1) is 0 Å². The Labute approximate surface area is 165 Å². The maximum atomic E-state index is 12.4. The number of non-ortho nitro benzene ring substituents is 1. The van der Waals surface area contributed by atoms with Crippen LogP contribution in [0.1, 0.15) is 17.3 Å². The number of esters is 1. The minimum atomic E-state index is -1.21. The fourth-order valence-corrected chi connectivity index (χ4v) is 2.43. The molecule has 0 spiro atoms. The predicted molar refractivity (Wildman–Crippen MR) is 101 cm³/mol. The summed E-state index contributed by atoms with van der Waals surface area (Å²) in [6.07, 6.45) is -1.21. The first-order valence-electron chi connectivity index (χ1n) is 7.94. The van der Waals surface area contributed by atoms with Gasteiger partial charge < -0.3 is 19.5 Å². The first kappa shape index (κ1) is 21.0. The van der Waals surface area contributed by atoms with Gasteiger partial charge in [0.2, 0.25) is 0 Å². The summed E-state index contributed by atoms with van der Waals surface area (Å²) in [5.41, 5.74) is -0.180. The summed E-state index contributed by atoms with van der Waals surface area (Å²) < 4.78 is 15.3. The van der Waals surface area contributed by atoms with Gasteiger partial charge in [0.15, 0.2) is 6.10 Å². The highest BCUT2D eigenvalue weighted by molar-refractivity contribution is 6.31. The topological polar surface area (TPSA) is 117 Å². The quantitative estimate of drug-likeness (QED) is 0.423. The van der Waals surface area contributed by atoms with E-state index in [2.05, 4.69) is 5.32 Å². The number of rotatable bonds is 7. The molecule has 0 bridgehead atoms. The second-order valence-electron chi connectivity index (χ2n) is 5.52. The van der Waals surface area contributed by atoms with Crippen LogP contribution in [0, 0.1) is 10.1 Å². The molecule has 0 saturated carbocycles. The number of nitro groups is 1. The zero-order valence-corrected chi connectivity index (χ0v) is 16.0. The van der Waals surface area contributed by atoms with Gasteiger partial charge in [-0.3, -0.25) is 14.9 Å². The van der Waals surface area contributed by atoms with Gasteiger partial charge in [0.25, 0.3) is 11.6 Å². The lowest BCUT2D eigenvalue weighted by Crippen LogP contribution is -2.30. The van der Waals surface area contributed by atoms with Crippen molar-refractivity contribution < 1.29 is 28.7 Å². The SMILES string of the molecule is COc1ccc(Cl)cc1NC(=O)[C@@H](C)OC(=O)c1cc([N+](=O)[O-])ccc1OC. The first-order valence-corrected chi connectivity index (χ1v) is 8.32. The molecule has 0 heterocycles. The zero-order valence-electron chi connectivity index (χ0n) is 15.2. The van der Waals surface area contributed by atoms with Gasteiger partial charge in [0.05, 0.1) is 24.8 Å². The molecule has 9 nitrogen and oxygen atoms in total. The van der Waals surface area contributed by atoms with Crippen molar-refractivity contribution in [2.75, 3.05) is 19.5 Å². The average Bonchev–Trinajstić information content (AvgIpc) is 2.67. The molecule has 0 aliphatic carbocycles. The molecule has 28 heavy (non-hydrogen) atoms. The molecule has 0 saturated heterocycles. The number of benzene rings is 2. The Kier molecular flexibility index (Phi) is 6.78. The van der Waals surface area contributed by atoms with E-state index in [1.807, 2.05) is 0 Å². The number of ether oxygens (including phenoxy) is 3. The van der Waals surface area contributed by atoms with Crippen LogP contribution in [0.25, 0.3) is 0 Å². The van der Waals surface area contributed by atoms with Crippen molar-refractivity contribution >= 4 is 34.9 Å². The molecule has 0 fully saturated rings. The second kappa shape index (κ2) is 9.05. The summed E-state index contributed by atoms with van der Waals surface area (Å²) >= 11 is 5.91. The van der Waals surface area contributed by atoms with E-state index in [-0.39, 0.29) is 17.0 Å². The Morgan fingerprint density at radius 2 is 1.75 bits per heavy atom. The molecule has 0 aliphatic heterocycles. The zero-order chi connectivity index (χ0) is 20.8. The minimum absolute atomic E-state index is 0.0831. The largest absolute Gasteiger partial charge is 0.496 e. The molecule has 0 radical (unpaired) electrons. The molecule has 1 atom stereocenters. The molecule has 10 heteroatoms. The molecular formula is C18H17ClN2O7. The van der Waals surface area contributed by atoms with Crippen LogP contribution >= 0.6 is 11.6 Å². The molecule has 1 N–H and O–H groups in total. The van der Waals surface area contributed by atoms with Gasteiger partial charge in [-0.1, -0.05) is 11.6 Å². The number of nitrogens with zero attached hydrogens (tertiary/aromatic N) is 1. The van der Waals surface area contributed by atoms with Crippen LogP contribution < -0.4 is 14.8 Å². The third kappa shape index (κ3) is 4.89. The van der Waals surface area contributed by atoms with Crippen molar-refractivity contribution in [1.29, 1.82) is 0 Å². The highest BCUT2D eigenvalue weighted by Crippen LogP contribution is 2.28. The van der Waals surface area contributed by atoms with E-state index < -0.39 is 22.9 Å². The van der Waals surface area contributed by atoms with E-state index in [9.17, 15) is 19.7 Å². The van der Waals surface area contributed by atoms with Crippen LogP contribution in [0.4, 0.5) is 11.4 Å². The van der Waals surface area contributed by atoms with Crippen molar-refractivity contribution in [1.82, 2.24) is 0 Å². The van der Waals surface area contributed by atoms with E-state index in [4.69, 9.17) is 25.8 Å². The number of carbonyl (C=O) groups excluding carboxylic acids is 2. The van der Waals surface area contributed by atoms with Crippen molar-refractivity contribution in [2.24, 2.45) is 0 Å². The van der Waals surface area contributed by atoms with Gasteiger partial charge in [-0.05, 0) is 31.2 Å². The van der Waals surface area contributed by atoms with E-state index in [0.717, 1.165) is 6.07 Å². The highest BCUT2D eigenvalue weighted by atomic mass is 35.5. The van der Waals surface area contributed by atoms with Crippen LogP contribution in [0.3, 0.4) is 0 Å². The maximum absolute atomic E-state index is 12.4. The Morgan fingerprint density at radius 3 is 2.36 bits per heavy atom. The molecule has 2 rings (SSSR count). The van der Waals surface area contributed by atoms with Crippen LogP contribution in [-0.4, -0.2) is 37.1 Å². The maximum Gasteiger partial charge on any atom is 0.342 e. The summed E-state index contributed by atoms with van der Waals surface area (Å²) in [5, 5.41) is 13.9. The average molecular weight is 409 g/mol. The van der Waals surface area contributed by atoms with Gasteiger partial charge >= 0.3 is 5.97 Å². The number of halogens is 1. The number of nitro benzene ring substituents is 1. The number of amides is 1. The van der Waals surface area contributed by atoms with Crippen molar-refractivity contribution in [2.45, 2.75) is 13.0 Å². The normalized spacial score (nSPS) is 11.3. The van der Waals surface area contributed by atoms with E-state index in [1.165, 1.54) is 39.3 Å². The molecule has 0 unspecified atom stereocenters. The number of methoxy groups -OCH3 is 2. The summed E-state index contributed by atoms with van der Waals surface area (Å²) in [4.78, 5) is 35.0. The summed E-state index contributed by atoms with van der Waals surface area (Å²) in [6, 6.07) is 8.13. The first-order chi connectivity index (χ1) is 13.3. The van der Waals surface area contributed by atoms with Gasteiger partial charge in [0.1, 0.15) is 17.1 Å².